The van der Waals surface area contributed by atoms with Gasteiger partial charge < -0.3 is 99.1 Å². The van der Waals surface area contributed by atoms with Gasteiger partial charge in [0.05, 0.1) is 80.0 Å². The van der Waals surface area contributed by atoms with E-state index in [-0.39, 0.29) is 124 Å². The molecule has 6 atom stereocenters. The Morgan fingerprint density at radius 3 is 1.79 bits per heavy atom. The number of Topliss-reactive ketones (excluding diaryl/α,β-unsaturated/α-hetero) is 1. The van der Waals surface area contributed by atoms with Gasteiger partial charge >= 0.3 is 0 Å². The number of allylic oxidation sites excluding steroid dienone is 7. The number of guanidine groups is 2. The lowest BCUT2D eigenvalue weighted by Crippen LogP contribution is -2.61. The molecule has 7 aliphatic rings. The Morgan fingerprint density at radius 1 is 0.689 bits per heavy atom. The zero-order chi connectivity index (χ0) is 77.3. The molecular weight excluding hydrogens is 1360 g/mol. The van der Waals surface area contributed by atoms with Crippen LogP contribution in [-0.2, 0) is 9.59 Å². The summed E-state index contributed by atoms with van der Waals surface area (Å²) in [6.07, 6.45) is 18.4. The number of fused-ring (bicyclic) bond motifs is 10. The van der Waals surface area contributed by atoms with Crippen LogP contribution in [0.1, 0.15) is 138 Å². The average molecular weight is 1470 g/mol. The highest BCUT2D eigenvalue weighted by Crippen LogP contribution is 2.74. The Bertz CT molecular complexity index is 4000. The molecule has 0 unspecified atom stereocenters. The number of hydrazone groups is 1. The molecule has 32 heteroatoms. The molecule has 1 aliphatic heterocycles. The molecule has 106 heavy (non-hydrogen) atoms. The molecule has 0 spiro atoms. The van der Waals surface area contributed by atoms with Gasteiger partial charge in [-0.15, -0.1) is 5.10 Å². The second kappa shape index (κ2) is 36.6. The first-order valence-electron chi connectivity index (χ1n) is 36.2. The van der Waals surface area contributed by atoms with Crippen molar-refractivity contribution in [3.63, 3.8) is 0 Å². The summed E-state index contributed by atoms with van der Waals surface area (Å²) in [5.74, 6) is 0.0432. The summed E-state index contributed by atoms with van der Waals surface area (Å²) in [6, 6.07) is 5.74. The Labute approximate surface area is 617 Å². The summed E-state index contributed by atoms with van der Waals surface area (Å²) in [5, 5.41) is 116. The van der Waals surface area contributed by atoms with Crippen LogP contribution in [0.4, 0.5) is 29.1 Å². The first-order valence-corrected chi connectivity index (χ1v) is 36.2. The number of phenols is 2. The Kier molecular flexibility index (Phi) is 28.4. The van der Waals surface area contributed by atoms with Crippen molar-refractivity contribution in [2.75, 3.05) is 144 Å². The normalized spacial score (nSPS) is 22.9. The van der Waals surface area contributed by atoms with Crippen LogP contribution in [0, 0.1) is 38.9 Å². The Hall–Kier alpha value is -9.54. The molecule has 11 rings (SSSR count). The summed E-state index contributed by atoms with van der Waals surface area (Å²) >= 11 is 0. The van der Waals surface area contributed by atoms with Crippen molar-refractivity contribution in [2.24, 2.45) is 66.0 Å². The smallest absolute Gasteiger partial charge is 0.228 e. The van der Waals surface area contributed by atoms with Gasteiger partial charge in [0, 0.05) is 113 Å². The number of piperidine rings is 1. The number of aliphatic hydroxyl groups excluding tert-OH is 7. The maximum Gasteiger partial charge on any atom is 0.228 e. The third kappa shape index (κ3) is 18.1. The van der Waals surface area contributed by atoms with Gasteiger partial charge in [-0.25, -0.2) is 20.4 Å². The highest BCUT2D eigenvalue weighted by molar-refractivity contribution is 6.33. The number of carbonyl (C=O) groups is 4. The quantitative estimate of drug-likeness (QED) is 0.0124. The first-order chi connectivity index (χ1) is 50.6. The monoisotopic (exact) mass is 1470 g/mol. The van der Waals surface area contributed by atoms with Crippen LogP contribution in [0.2, 0.25) is 0 Å². The minimum atomic E-state index is -0.559. The maximum absolute atomic E-state index is 13.4. The van der Waals surface area contributed by atoms with Gasteiger partial charge in [0.15, 0.2) is 11.6 Å². The van der Waals surface area contributed by atoms with E-state index < -0.39 is 11.6 Å². The Balaban J connectivity index is 0.000000185. The van der Waals surface area contributed by atoms with Gasteiger partial charge in [0.2, 0.25) is 41.2 Å². The second-order valence-electron chi connectivity index (χ2n) is 28.6. The molecule has 3 heterocycles. The third-order valence-corrected chi connectivity index (χ3v) is 21.6. The number of carbonyl (C=O) groups excluding carboxylic acids is 4. The van der Waals surface area contributed by atoms with Gasteiger partial charge in [0.25, 0.3) is 0 Å². The fraction of sp³-hybridized carbons (Fsp3) is 0.541. The molecular formula is C74H107N19O13. The number of aliphatic hydroxyl groups is 7. The average Bonchev–Trinajstić information content (AvgIpc) is 0.680. The number of phenolic OH excluding ortho intramolecular Hbond substituents is 2. The fourth-order valence-electron chi connectivity index (χ4n) is 16.0. The SMILES string of the molecule is CC(/C=N/NC(=N)N)=N\N=C(N)N.CC1=C(O)C(=O)C=C2C1=CC=C1[C@@]2(C)CC[C@]2(C)[C@@H]3C[C@@H](C)C(=O)C[C@]3(C)CC[C@@]12C.O=C1c2c(O)ccc(O)c2C(=O)c2c(NCCNCCO)ccc(NCCNCCO)c21.OCCN(CCO)c1nc(N2CCCCC2)c2nc(N(CCO)CCO)ncc2n1. The molecule has 32 nitrogen and oxygen atoms in total. The molecule has 2 aromatic heterocycles. The zero-order valence-electron chi connectivity index (χ0n) is 61.8. The lowest BCUT2D eigenvalue weighted by atomic mass is 9.35. The van der Waals surface area contributed by atoms with Crippen molar-refractivity contribution in [3.05, 3.63) is 99.0 Å². The number of anilines is 5. The molecule has 576 valence electrons. The van der Waals surface area contributed by atoms with Gasteiger partial charge in [-0.05, 0) is 129 Å². The van der Waals surface area contributed by atoms with Crippen molar-refractivity contribution in [2.45, 2.75) is 106 Å². The number of aromatic hydroxyl groups is 2. The molecule has 1 saturated heterocycles. The maximum atomic E-state index is 13.4. The van der Waals surface area contributed by atoms with E-state index >= 15 is 0 Å². The predicted molar refractivity (Wildman–Crippen MR) is 409 cm³/mol. The van der Waals surface area contributed by atoms with Crippen LogP contribution < -0.4 is 58.6 Å². The first kappa shape index (κ1) is 82.1. The van der Waals surface area contributed by atoms with Crippen molar-refractivity contribution >= 4 is 87.1 Å². The molecule has 4 aromatic rings. The van der Waals surface area contributed by atoms with Crippen molar-refractivity contribution < 1.29 is 65.1 Å². The van der Waals surface area contributed by atoms with Crippen LogP contribution in [0.15, 0.2) is 92.0 Å². The number of aromatic nitrogens is 4. The van der Waals surface area contributed by atoms with Crippen molar-refractivity contribution in [1.29, 1.82) is 5.41 Å². The summed E-state index contributed by atoms with van der Waals surface area (Å²) in [4.78, 5) is 76.0. The minimum Gasteiger partial charge on any atom is -0.507 e. The molecule has 21 N–H and O–H groups in total. The predicted octanol–water partition coefficient (Wildman–Crippen LogP) is 3.38. The fourth-order valence-corrected chi connectivity index (χ4v) is 16.0. The molecule has 0 radical (unpaired) electrons. The van der Waals surface area contributed by atoms with Gasteiger partial charge in [-0.3, -0.25) is 24.6 Å². The van der Waals surface area contributed by atoms with E-state index in [0.717, 1.165) is 75.6 Å². The van der Waals surface area contributed by atoms with E-state index in [0.29, 0.717) is 129 Å². The molecule has 0 amide bonds. The van der Waals surface area contributed by atoms with Crippen LogP contribution >= 0.6 is 0 Å². The van der Waals surface area contributed by atoms with E-state index in [1.54, 1.807) is 41.1 Å². The standard InChI is InChI=1S/C28H36O3.C22H28N4O6.C19H31N7O4.C5H12N8/c1-16-13-23-25(3,15-21(16)30)9-11-27(5)22-8-7-18-17(2)24(31)20(29)14-19(18)26(22,4)10-12-28(23,27)6;27-11-9-23-5-7-25-13-1-2-14(26-8-6-24-10-12-28)18-17(13)21(31)19-15(29)3-4-16(30)20(19)22(18)32;27-10-6-25(7-11-28)18-20-14-15-16(22-18)17(24-4-2-1-3-5-24)23-19(21-15)26(8-12-29)9-13-30;1-3(11-13-5(8)9)2-10-12-4(6)7/h7-8,14,16,23,31H,9-13,15H2,1-6H3;1-4,23-30H,5-12H2;14,27-30H,1-13H2;2H,1H3,(H4,6,7,12)(H4,8,9,13)/b;;;10-2+,11-3+/t16-,23-,25+,26+,27+,28-;;;/m1.../s1. The number of nitrogens with one attached hydrogen (secondary N) is 6. The third-order valence-electron chi connectivity index (χ3n) is 21.6. The molecule has 2 aromatic carbocycles. The number of ketones is 4. The lowest BCUT2D eigenvalue weighted by Gasteiger charge is -2.69. The van der Waals surface area contributed by atoms with Crippen LogP contribution in [0.25, 0.3) is 11.0 Å². The summed E-state index contributed by atoms with van der Waals surface area (Å²) in [5.41, 5.74) is 23.9. The highest BCUT2D eigenvalue weighted by Gasteiger charge is 2.66. The van der Waals surface area contributed by atoms with E-state index in [1.807, 2.05) is 6.92 Å². The molecule has 6 aliphatic carbocycles. The summed E-state index contributed by atoms with van der Waals surface area (Å²) in [6.45, 7) is 20.7. The van der Waals surface area contributed by atoms with E-state index in [9.17, 15) is 54.9 Å². The van der Waals surface area contributed by atoms with Crippen molar-refractivity contribution in [1.82, 2.24) is 36.0 Å². The van der Waals surface area contributed by atoms with E-state index in [1.165, 1.54) is 30.3 Å². The number of benzene rings is 2. The van der Waals surface area contributed by atoms with Crippen LogP contribution in [-0.4, -0.2) is 231 Å². The number of hydrogen-bond donors (Lipinski definition) is 18. The van der Waals surface area contributed by atoms with E-state index in [2.05, 4.69) is 109 Å². The number of rotatable bonds is 26. The largest absolute Gasteiger partial charge is 0.507 e. The minimum absolute atomic E-state index is 0.00939. The van der Waals surface area contributed by atoms with Gasteiger partial charge in [0.1, 0.15) is 28.3 Å². The number of nitrogens with zero attached hydrogens (tertiary/aromatic N) is 10. The zero-order valence-corrected chi connectivity index (χ0v) is 61.8. The van der Waals surface area contributed by atoms with Crippen molar-refractivity contribution in [3.8, 4) is 11.5 Å². The van der Waals surface area contributed by atoms with Crippen LogP contribution in [0.5, 0.6) is 11.5 Å². The van der Waals surface area contributed by atoms with Gasteiger partial charge in [-0.1, -0.05) is 52.3 Å². The highest BCUT2D eigenvalue weighted by atomic mass is 16.3. The molecule has 4 fully saturated rings. The Morgan fingerprint density at radius 2 is 1.25 bits per heavy atom. The number of nitrogens with two attached hydrogens (primary N) is 3. The van der Waals surface area contributed by atoms with Crippen LogP contribution in [0.3, 0.4) is 0 Å². The van der Waals surface area contributed by atoms with Gasteiger partial charge in [-0.2, -0.15) is 15.2 Å². The second-order valence-corrected chi connectivity index (χ2v) is 28.6. The summed E-state index contributed by atoms with van der Waals surface area (Å²) < 4.78 is 0. The number of hydrogen-bond acceptors (Lipinski definition) is 28. The summed E-state index contributed by atoms with van der Waals surface area (Å²) in [7, 11) is 0. The molecule has 3 saturated carbocycles. The van der Waals surface area contributed by atoms with E-state index in [4.69, 9.17) is 37.8 Å². The molecule has 0 bridgehead atoms. The lowest BCUT2D eigenvalue weighted by molar-refractivity contribution is -0.161. The topological polar surface area (TPSA) is 511 Å².